The number of aliphatic hydroxyl groups is 2. The first-order valence-electron chi connectivity index (χ1n) is 8.39. The van der Waals surface area contributed by atoms with Gasteiger partial charge in [0.05, 0.1) is 11.5 Å². The van der Waals surface area contributed by atoms with Crippen molar-refractivity contribution in [3.05, 3.63) is 23.8 Å². The van der Waals surface area contributed by atoms with Gasteiger partial charge in [0, 0.05) is 23.8 Å². The summed E-state index contributed by atoms with van der Waals surface area (Å²) in [5, 5.41) is 25.5. The highest BCUT2D eigenvalue weighted by molar-refractivity contribution is 6.06. The van der Waals surface area contributed by atoms with Crippen LogP contribution in [0.5, 0.6) is 5.75 Å². The summed E-state index contributed by atoms with van der Waals surface area (Å²) < 4.78 is 5.78. The summed E-state index contributed by atoms with van der Waals surface area (Å²) in [6.45, 7) is 7.93. The number of carbonyl (C=O) groups excluding carboxylic acids is 1. The van der Waals surface area contributed by atoms with Crippen molar-refractivity contribution in [1.82, 2.24) is 5.32 Å². The van der Waals surface area contributed by atoms with Crippen molar-refractivity contribution in [2.75, 3.05) is 18.5 Å². The van der Waals surface area contributed by atoms with Gasteiger partial charge in [-0.2, -0.15) is 0 Å². The molecule has 0 spiro atoms. The molecule has 1 aliphatic rings. The van der Waals surface area contributed by atoms with Crippen molar-refractivity contribution in [2.24, 2.45) is 0 Å². The van der Waals surface area contributed by atoms with Crippen LogP contribution in [0.25, 0.3) is 0 Å². The summed E-state index contributed by atoms with van der Waals surface area (Å²) in [5.74, 6) is 0.564. The van der Waals surface area contributed by atoms with Crippen molar-refractivity contribution in [3.8, 4) is 5.75 Å². The van der Waals surface area contributed by atoms with Gasteiger partial charge in [-0.1, -0.05) is 6.07 Å². The van der Waals surface area contributed by atoms with Crippen LogP contribution >= 0.6 is 0 Å². The van der Waals surface area contributed by atoms with Gasteiger partial charge in [0.2, 0.25) is 5.91 Å². The van der Waals surface area contributed by atoms with Gasteiger partial charge in [-0.25, -0.2) is 0 Å². The molecule has 0 radical (unpaired) electrons. The van der Waals surface area contributed by atoms with E-state index in [4.69, 9.17) is 4.74 Å². The van der Waals surface area contributed by atoms with Crippen molar-refractivity contribution < 1.29 is 19.7 Å². The lowest BCUT2D eigenvalue weighted by atomic mass is 9.85. The zero-order chi connectivity index (χ0) is 17.9. The molecular formula is C18H28N2O4. The van der Waals surface area contributed by atoms with E-state index in [1.807, 2.05) is 39.0 Å². The maximum Gasteiger partial charge on any atom is 0.234 e. The van der Waals surface area contributed by atoms with E-state index >= 15 is 0 Å². The molecule has 3 atom stereocenters. The minimum atomic E-state index is -0.675. The Morgan fingerprint density at radius 2 is 2.00 bits per heavy atom. The first kappa shape index (κ1) is 18.7. The second-order valence-corrected chi connectivity index (χ2v) is 7.12. The highest BCUT2D eigenvalue weighted by Gasteiger charge is 2.40. The van der Waals surface area contributed by atoms with E-state index in [0.29, 0.717) is 18.7 Å². The van der Waals surface area contributed by atoms with E-state index in [9.17, 15) is 15.0 Å². The molecule has 1 aromatic carbocycles. The molecule has 0 fully saturated rings. The highest BCUT2D eigenvalue weighted by Crippen LogP contribution is 2.43. The minimum Gasteiger partial charge on any atom is -0.490 e. The first-order valence-corrected chi connectivity index (χ1v) is 8.39. The van der Waals surface area contributed by atoms with Crippen LogP contribution in [0.15, 0.2) is 18.2 Å². The smallest absolute Gasteiger partial charge is 0.234 e. The number of nitrogens with one attached hydrogen (secondary N) is 2. The monoisotopic (exact) mass is 336 g/mol. The lowest BCUT2D eigenvalue weighted by molar-refractivity contribution is -0.119. The quantitative estimate of drug-likeness (QED) is 0.576. The predicted molar refractivity (Wildman–Crippen MR) is 93.4 cm³/mol. The molecule has 0 saturated carbocycles. The second-order valence-electron chi connectivity index (χ2n) is 7.12. The molecule has 1 aromatic rings. The molecule has 2 rings (SSSR count). The Morgan fingerprint density at radius 1 is 1.29 bits per heavy atom. The van der Waals surface area contributed by atoms with Gasteiger partial charge in [-0.3, -0.25) is 4.79 Å². The Morgan fingerprint density at radius 3 is 2.67 bits per heavy atom. The van der Waals surface area contributed by atoms with Crippen LogP contribution in [0.3, 0.4) is 0 Å². The molecule has 6 heteroatoms. The summed E-state index contributed by atoms with van der Waals surface area (Å²) in [4.78, 5) is 12.1. The third-order valence-electron chi connectivity index (χ3n) is 4.29. The number of amides is 1. The Labute approximate surface area is 143 Å². The average molecular weight is 336 g/mol. The number of rotatable bonds is 8. The molecule has 1 heterocycles. The normalized spacial score (nSPS) is 19.3. The first-order chi connectivity index (χ1) is 11.2. The number of carbonyl (C=O) groups is 1. The summed E-state index contributed by atoms with van der Waals surface area (Å²) in [6, 6.07) is 5.61. The summed E-state index contributed by atoms with van der Waals surface area (Å²) in [7, 11) is 0. The summed E-state index contributed by atoms with van der Waals surface area (Å²) in [6.07, 6.45) is -0.424. The van der Waals surface area contributed by atoms with Gasteiger partial charge in [-0.15, -0.1) is 0 Å². The van der Waals surface area contributed by atoms with E-state index in [2.05, 4.69) is 10.6 Å². The summed E-state index contributed by atoms with van der Waals surface area (Å²) >= 11 is 0. The maximum absolute atomic E-state index is 12.1. The van der Waals surface area contributed by atoms with Crippen molar-refractivity contribution >= 4 is 11.6 Å². The number of anilines is 1. The van der Waals surface area contributed by atoms with Gasteiger partial charge in [0.15, 0.2) is 0 Å². The van der Waals surface area contributed by atoms with Gasteiger partial charge >= 0.3 is 0 Å². The molecule has 1 aliphatic heterocycles. The van der Waals surface area contributed by atoms with Gasteiger partial charge in [0.1, 0.15) is 18.5 Å². The molecule has 6 nitrogen and oxygen atoms in total. The molecule has 0 saturated heterocycles. The Kier molecular flexibility index (Phi) is 5.85. The van der Waals surface area contributed by atoms with Gasteiger partial charge in [-0.05, 0) is 46.2 Å². The molecule has 0 aromatic heterocycles. The van der Waals surface area contributed by atoms with Crippen LogP contribution in [0.1, 0.15) is 39.7 Å². The molecule has 3 unspecified atom stereocenters. The highest BCUT2D eigenvalue weighted by atomic mass is 16.5. The largest absolute Gasteiger partial charge is 0.490 e. The topological polar surface area (TPSA) is 90.8 Å². The van der Waals surface area contributed by atoms with Crippen LogP contribution in [-0.2, 0) is 10.2 Å². The third kappa shape index (κ3) is 4.26. The number of aliphatic hydroxyl groups excluding tert-OH is 2. The molecule has 0 aliphatic carbocycles. The average Bonchev–Trinajstić information content (AvgIpc) is 2.73. The molecule has 0 bridgehead atoms. The number of benzene rings is 1. The Balaban J connectivity index is 1.92. The molecule has 24 heavy (non-hydrogen) atoms. The van der Waals surface area contributed by atoms with Crippen LogP contribution in [0.2, 0.25) is 0 Å². The van der Waals surface area contributed by atoms with Crippen LogP contribution in [-0.4, -0.2) is 47.5 Å². The number of ether oxygens (including phenoxy) is 1. The zero-order valence-corrected chi connectivity index (χ0v) is 14.8. The second kappa shape index (κ2) is 7.51. The fourth-order valence-electron chi connectivity index (χ4n) is 2.97. The van der Waals surface area contributed by atoms with Crippen molar-refractivity contribution in [2.45, 2.75) is 57.8 Å². The van der Waals surface area contributed by atoms with Crippen LogP contribution in [0, 0.1) is 0 Å². The molecular weight excluding hydrogens is 308 g/mol. The number of hydrogen-bond donors (Lipinski definition) is 4. The predicted octanol–water partition coefficient (Wildman–Crippen LogP) is 1.40. The standard InChI is InChI=1S/C18H28N2O4/c1-11(8-12(2)21)19-9-13(22)10-24-15-7-5-6-14-16(15)18(3,4)17(23)20-14/h5-7,11-13,19,21-22H,8-10H2,1-4H3,(H,20,23). The van der Waals surface area contributed by atoms with Gasteiger partial charge in [0.25, 0.3) is 0 Å². The zero-order valence-electron chi connectivity index (χ0n) is 14.8. The van der Waals surface area contributed by atoms with Crippen LogP contribution < -0.4 is 15.4 Å². The van der Waals surface area contributed by atoms with Gasteiger partial charge < -0.3 is 25.6 Å². The van der Waals surface area contributed by atoms with Crippen molar-refractivity contribution in [3.63, 3.8) is 0 Å². The fraction of sp³-hybridized carbons (Fsp3) is 0.611. The minimum absolute atomic E-state index is 0.0530. The van der Waals surface area contributed by atoms with E-state index < -0.39 is 11.5 Å². The van der Waals surface area contributed by atoms with E-state index in [1.165, 1.54) is 0 Å². The molecule has 4 N–H and O–H groups in total. The molecule has 1 amide bonds. The number of fused-ring (bicyclic) bond motifs is 1. The lowest BCUT2D eigenvalue weighted by Gasteiger charge is -2.21. The third-order valence-corrected chi connectivity index (χ3v) is 4.29. The SMILES string of the molecule is CC(O)CC(C)NCC(O)COc1cccc2c1C(C)(C)C(=O)N2. The summed E-state index contributed by atoms with van der Waals surface area (Å²) in [5.41, 5.74) is 0.944. The van der Waals surface area contributed by atoms with E-state index in [1.54, 1.807) is 6.92 Å². The van der Waals surface area contributed by atoms with Crippen LogP contribution in [0.4, 0.5) is 5.69 Å². The Bertz CT molecular complexity index is 586. The maximum atomic E-state index is 12.1. The van der Waals surface area contributed by atoms with E-state index in [-0.39, 0.29) is 24.7 Å². The lowest BCUT2D eigenvalue weighted by Crippen LogP contribution is -2.38. The van der Waals surface area contributed by atoms with Crippen molar-refractivity contribution in [1.29, 1.82) is 0 Å². The fourth-order valence-corrected chi connectivity index (χ4v) is 2.97. The Hall–Kier alpha value is -1.63. The number of hydrogen-bond acceptors (Lipinski definition) is 5. The molecule has 134 valence electrons. The van der Waals surface area contributed by atoms with E-state index in [0.717, 1.165) is 11.3 Å².